The molecule has 2 fully saturated rings. The molecule has 3 rings (SSSR count). The lowest BCUT2D eigenvalue weighted by molar-refractivity contribution is -0.157. The molecule has 8 heteroatoms. The van der Waals surface area contributed by atoms with Gasteiger partial charge >= 0.3 is 6.09 Å². The van der Waals surface area contributed by atoms with Crippen LogP contribution in [0.15, 0.2) is 18.2 Å². The van der Waals surface area contributed by atoms with Crippen LogP contribution in [0, 0.1) is 0 Å². The minimum absolute atomic E-state index is 0.0360. The van der Waals surface area contributed by atoms with Crippen molar-refractivity contribution in [1.82, 2.24) is 10.2 Å². The maximum Gasteiger partial charge on any atom is 0.407 e. The maximum atomic E-state index is 12.3. The molecule has 0 saturated carbocycles. The van der Waals surface area contributed by atoms with Gasteiger partial charge in [-0.1, -0.05) is 6.07 Å². The first-order chi connectivity index (χ1) is 14.0. The average molecular weight is 423 g/mol. The molecule has 2 heterocycles. The number of likely N-dealkylation sites (tertiary alicyclic amines) is 1. The number of rotatable bonds is 6. The van der Waals surface area contributed by atoms with Gasteiger partial charge < -0.3 is 29.0 Å². The zero-order chi connectivity index (χ0) is 22.1. The van der Waals surface area contributed by atoms with Gasteiger partial charge in [-0.25, -0.2) is 4.79 Å². The SMILES string of the molecule is COc1ccc(CN2C[C@H](NC(=O)OC(C)(C)C)[C@H]2[C@@H]2COC(C)(C)O2)c(OC)c1. The van der Waals surface area contributed by atoms with Gasteiger partial charge in [-0.2, -0.15) is 0 Å². The van der Waals surface area contributed by atoms with Crippen molar-refractivity contribution in [3.05, 3.63) is 23.8 Å². The van der Waals surface area contributed by atoms with Gasteiger partial charge in [0.15, 0.2) is 5.79 Å². The van der Waals surface area contributed by atoms with Crippen LogP contribution < -0.4 is 14.8 Å². The molecule has 0 radical (unpaired) electrons. The van der Waals surface area contributed by atoms with E-state index >= 15 is 0 Å². The van der Waals surface area contributed by atoms with Gasteiger partial charge in [-0.15, -0.1) is 0 Å². The second kappa shape index (κ2) is 8.61. The molecule has 8 nitrogen and oxygen atoms in total. The average Bonchev–Trinajstić information content (AvgIpc) is 2.97. The molecule has 1 N–H and O–H groups in total. The van der Waals surface area contributed by atoms with Crippen LogP contribution in [0.5, 0.6) is 11.5 Å². The monoisotopic (exact) mass is 422 g/mol. The number of carbonyl (C=O) groups is 1. The Balaban J connectivity index is 1.73. The fourth-order valence-electron chi connectivity index (χ4n) is 3.94. The minimum atomic E-state index is -0.639. The largest absolute Gasteiger partial charge is 0.497 e. The summed E-state index contributed by atoms with van der Waals surface area (Å²) in [5.41, 5.74) is 0.492. The van der Waals surface area contributed by atoms with Crippen molar-refractivity contribution in [3.63, 3.8) is 0 Å². The number of benzene rings is 1. The highest BCUT2D eigenvalue weighted by molar-refractivity contribution is 5.68. The number of hydrogen-bond donors (Lipinski definition) is 1. The van der Waals surface area contributed by atoms with Crippen molar-refractivity contribution < 1.29 is 28.5 Å². The minimum Gasteiger partial charge on any atom is -0.497 e. The molecule has 0 aliphatic carbocycles. The Morgan fingerprint density at radius 3 is 2.57 bits per heavy atom. The Kier molecular flexibility index (Phi) is 6.50. The van der Waals surface area contributed by atoms with E-state index in [0.717, 1.165) is 17.1 Å². The van der Waals surface area contributed by atoms with Gasteiger partial charge in [0.1, 0.15) is 23.2 Å². The van der Waals surface area contributed by atoms with Crippen LogP contribution in [0.1, 0.15) is 40.2 Å². The summed E-state index contributed by atoms with van der Waals surface area (Å²) in [6, 6.07) is 5.66. The van der Waals surface area contributed by atoms with Crippen molar-refractivity contribution in [2.75, 3.05) is 27.4 Å². The Bertz CT molecular complexity index is 760. The number of nitrogens with zero attached hydrogens (tertiary/aromatic N) is 1. The van der Waals surface area contributed by atoms with E-state index in [4.69, 9.17) is 23.7 Å². The molecule has 0 unspecified atom stereocenters. The predicted octanol–water partition coefficient (Wildman–Crippen LogP) is 2.93. The first kappa shape index (κ1) is 22.7. The normalized spacial score (nSPS) is 26.0. The number of ether oxygens (including phenoxy) is 5. The zero-order valence-electron chi connectivity index (χ0n) is 19.0. The van der Waals surface area contributed by atoms with E-state index in [-0.39, 0.29) is 18.2 Å². The van der Waals surface area contributed by atoms with Gasteiger partial charge in [0.05, 0.1) is 32.9 Å². The summed E-state index contributed by atoms with van der Waals surface area (Å²) >= 11 is 0. The first-order valence-electron chi connectivity index (χ1n) is 10.3. The van der Waals surface area contributed by atoms with Crippen molar-refractivity contribution in [2.45, 2.75) is 70.7 Å². The van der Waals surface area contributed by atoms with Crippen LogP contribution >= 0.6 is 0 Å². The van der Waals surface area contributed by atoms with Crippen LogP contribution in [0.2, 0.25) is 0 Å². The van der Waals surface area contributed by atoms with Crippen molar-refractivity contribution in [2.24, 2.45) is 0 Å². The number of hydrogen-bond acceptors (Lipinski definition) is 7. The number of methoxy groups -OCH3 is 2. The Labute approximate surface area is 178 Å². The summed E-state index contributed by atoms with van der Waals surface area (Å²) in [6.07, 6.45) is -0.574. The first-order valence-corrected chi connectivity index (χ1v) is 10.3. The molecule has 30 heavy (non-hydrogen) atoms. The Morgan fingerprint density at radius 2 is 2.00 bits per heavy atom. The van der Waals surface area contributed by atoms with E-state index in [1.807, 2.05) is 52.8 Å². The summed E-state index contributed by atoms with van der Waals surface area (Å²) in [5, 5.41) is 3.00. The molecule has 3 atom stereocenters. The summed E-state index contributed by atoms with van der Waals surface area (Å²) in [6.45, 7) is 11.2. The highest BCUT2D eigenvalue weighted by Crippen LogP contribution is 2.35. The van der Waals surface area contributed by atoms with Crippen LogP contribution in [0.3, 0.4) is 0 Å². The third-order valence-corrected chi connectivity index (χ3v) is 5.25. The molecule has 2 aliphatic heterocycles. The van der Waals surface area contributed by atoms with Crippen LogP contribution in [0.25, 0.3) is 0 Å². The molecular weight excluding hydrogens is 388 g/mol. The third kappa shape index (κ3) is 5.36. The van der Waals surface area contributed by atoms with E-state index in [0.29, 0.717) is 19.7 Å². The van der Waals surface area contributed by atoms with E-state index in [1.54, 1.807) is 14.2 Å². The summed E-state index contributed by atoms with van der Waals surface area (Å²) in [5.74, 6) is 0.871. The molecule has 0 aromatic heterocycles. The molecule has 2 aliphatic rings. The third-order valence-electron chi connectivity index (χ3n) is 5.25. The van der Waals surface area contributed by atoms with Crippen LogP contribution in [-0.2, 0) is 20.8 Å². The molecule has 1 aromatic rings. The molecule has 1 aromatic carbocycles. The van der Waals surface area contributed by atoms with E-state index in [9.17, 15) is 4.79 Å². The number of carbonyl (C=O) groups excluding carboxylic acids is 1. The number of amides is 1. The van der Waals surface area contributed by atoms with Crippen LogP contribution in [0.4, 0.5) is 4.79 Å². The highest BCUT2D eigenvalue weighted by atomic mass is 16.7. The lowest BCUT2D eigenvalue weighted by Gasteiger charge is -2.50. The van der Waals surface area contributed by atoms with E-state index in [1.165, 1.54) is 0 Å². The number of nitrogens with one attached hydrogen (secondary N) is 1. The summed E-state index contributed by atoms with van der Waals surface area (Å²) < 4.78 is 28.2. The van der Waals surface area contributed by atoms with Gasteiger partial charge in [0, 0.05) is 24.7 Å². The van der Waals surface area contributed by atoms with E-state index in [2.05, 4.69) is 10.2 Å². The highest BCUT2D eigenvalue weighted by Gasteiger charge is 2.50. The molecule has 1 amide bonds. The standard InChI is InChI=1S/C22H34N2O6/c1-21(2,3)30-20(25)23-16-12-24(19(16)18-13-28-22(4,5)29-18)11-14-8-9-15(26-6)10-17(14)27-7/h8-10,16,18-19H,11-13H2,1-7H3,(H,23,25)/t16-,18-,19-/m0/s1. The number of alkyl carbamates (subject to hydrolysis) is 1. The van der Waals surface area contributed by atoms with Gasteiger partial charge in [0.2, 0.25) is 0 Å². The van der Waals surface area contributed by atoms with Crippen molar-refractivity contribution in [1.29, 1.82) is 0 Å². The Morgan fingerprint density at radius 1 is 1.27 bits per heavy atom. The zero-order valence-corrected chi connectivity index (χ0v) is 19.0. The molecule has 0 spiro atoms. The fourth-order valence-corrected chi connectivity index (χ4v) is 3.94. The van der Waals surface area contributed by atoms with E-state index < -0.39 is 17.5 Å². The topological polar surface area (TPSA) is 78.5 Å². The maximum absolute atomic E-state index is 12.3. The quantitative estimate of drug-likeness (QED) is 0.755. The van der Waals surface area contributed by atoms with Crippen LogP contribution in [-0.4, -0.2) is 67.9 Å². The lowest BCUT2D eigenvalue weighted by atomic mass is 9.90. The summed E-state index contributed by atoms with van der Waals surface area (Å²) in [7, 11) is 3.28. The lowest BCUT2D eigenvalue weighted by Crippen LogP contribution is -2.70. The van der Waals surface area contributed by atoms with Crippen molar-refractivity contribution in [3.8, 4) is 11.5 Å². The smallest absolute Gasteiger partial charge is 0.407 e. The molecule has 168 valence electrons. The second-order valence-electron chi connectivity index (χ2n) is 9.22. The van der Waals surface area contributed by atoms with Gasteiger partial charge in [0.25, 0.3) is 0 Å². The van der Waals surface area contributed by atoms with Gasteiger partial charge in [-0.05, 0) is 40.7 Å². The van der Waals surface area contributed by atoms with Crippen molar-refractivity contribution >= 4 is 6.09 Å². The Hall–Kier alpha value is -2.03. The summed E-state index contributed by atoms with van der Waals surface area (Å²) in [4.78, 5) is 14.6. The van der Waals surface area contributed by atoms with Gasteiger partial charge in [-0.3, -0.25) is 4.90 Å². The fraction of sp³-hybridized carbons (Fsp3) is 0.682. The molecule has 2 saturated heterocycles. The molecular formula is C22H34N2O6. The second-order valence-corrected chi connectivity index (χ2v) is 9.22. The molecule has 0 bridgehead atoms. The predicted molar refractivity (Wildman–Crippen MR) is 112 cm³/mol.